The van der Waals surface area contributed by atoms with Crippen molar-refractivity contribution in [2.75, 3.05) is 19.6 Å². The van der Waals surface area contributed by atoms with Gasteiger partial charge in [-0.15, -0.1) is 0 Å². The monoisotopic (exact) mass is 517 g/mol. The molecular weight excluding hydrogens is 481 g/mol. The number of amides is 2. The van der Waals surface area contributed by atoms with E-state index in [1.165, 1.54) is 25.0 Å². The third-order valence-electron chi connectivity index (χ3n) is 8.94. The molecular formula is C30H36FN5O2. The van der Waals surface area contributed by atoms with Crippen molar-refractivity contribution in [3.63, 3.8) is 0 Å². The minimum atomic E-state index is -0.245. The van der Waals surface area contributed by atoms with E-state index in [-0.39, 0.29) is 29.6 Å². The Labute approximate surface area is 223 Å². The van der Waals surface area contributed by atoms with Crippen molar-refractivity contribution in [3.8, 4) is 0 Å². The summed E-state index contributed by atoms with van der Waals surface area (Å²) in [6, 6.07) is 16.5. The Balaban J connectivity index is 1.13. The molecule has 3 saturated heterocycles. The van der Waals surface area contributed by atoms with E-state index in [0.717, 1.165) is 48.2 Å². The molecule has 8 heteroatoms. The van der Waals surface area contributed by atoms with Crippen molar-refractivity contribution >= 4 is 22.8 Å². The Kier molecular flexibility index (Phi) is 6.68. The van der Waals surface area contributed by atoms with Gasteiger partial charge in [-0.05, 0) is 56.7 Å². The van der Waals surface area contributed by atoms with E-state index < -0.39 is 0 Å². The molecule has 3 aliphatic rings. The number of likely N-dealkylation sites (tertiary alicyclic amines) is 1. The van der Waals surface area contributed by atoms with Gasteiger partial charge in [0, 0.05) is 50.7 Å². The zero-order valence-electron chi connectivity index (χ0n) is 22.1. The van der Waals surface area contributed by atoms with Gasteiger partial charge in [-0.2, -0.15) is 0 Å². The smallest absolute Gasteiger partial charge is 0.227 e. The second kappa shape index (κ2) is 10.1. The average Bonchev–Trinajstić information content (AvgIpc) is 3.30. The summed E-state index contributed by atoms with van der Waals surface area (Å²) < 4.78 is 16.1. The lowest BCUT2D eigenvalue weighted by molar-refractivity contribution is -0.141. The first kappa shape index (κ1) is 25.0. The van der Waals surface area contributed by atoms with Gasteiger partial charge in [-0.3, -0.25) is 14.5 Å². The number of piperidine rings is 1. The number of aryl methyl sites for hydroxylation is 1. The number of halogens is 1. The number of hydrogen-bond acceptors (Lipinski definition) is 4. The highest BCUT2D eigenvalue weighted by molar-refractivity contribution is 5.84. The number of carbonyl (C=O) groups excluding carboxylic acids is 2. The maximum absolute atomic E-state index is 13.8. The number of rotatable bonds is 7. The first-order valence-electron chi connectivity index (χ1n) is 13.9. The van der Waals surface area contributed by atoms with Crippen LogP contribution in [0.3, 0.4) is 0 Å². The van der Waals surface area contributed by atoms with E-state index in [1.54, 1.807) is 11.8 Å². The number of benzene rings is 2. The van der Waals surface area contributed by atoms with E-state index in [9.17, 15) is 14.0 Å². The quantitative estimate of drug-likeness (QED) is 0.505. The Morgan fingerprint density at radius 2 is 1.76 bits per heavy atom. The highest BCUT2D eigenvalue weighted by Gasteiger charge is 2.42. The SMILES string of the molecule is CC(=O)N1CC(C(=O)N[C@@H](CCN2C3CCC2CC(n2c(C)nc4cc(F)ccc42)C3)c2ccccc2)C1. The minimum absolute atomic E-state index is 0.0265. The number of hydrogen-bond donors (Lipinski definition) is 1. The molecule has 38 heavy (non-hydrogen) atoms. The number of aromatic nitrogens is 2. The molecule has 1 aromatic heterocycles. The fraction of sp³-hybridized carbons (Fsp3) is 0.500. The topological polar surface area (TPSA) is 70.5 Å². The molecule has 0 spiro atoms. The molecule has 7 nitrogen and oxygen atoms in total. The molecule has 2 aromatic carbocycles. The van der Waals surface area contributed by atoms with Crippen molar-refractivity contribution in [1.82, 2.24) is 24.7 Å². The largest absolute Gasteiger partial charge is 0.349 e. The summed E-state index contributed by atoms with van der Waals surface area (Å²) in [4.78, 5) is 33.6. The molecule has 3 atom stereocenters. The molecule has 4 heterocycles. The highest BCUT2D eigenvalue weighted by Crippen LogP contribution is 2.42. The Morgan fingerprint density at radius 3 is 2.45 bits per heavy atom. The van der Waals surface area contributed by atoms with E-state index in [4.69, 9.17) is 0 Å². The summed E-state index contributed by atoms with van der Waals surface area (Å²) in [5, 5.41) is 3.30. The van der Waals surface area contributed by atoms with E-state index in [2.05, 4.69) is 31.9 Å². The first-order valence-corrected chi connectivity index (χ1v) is 13.9. The lowest BCUT2D eigenvalue weighted by Gasteiger charge is -2.41. The third-order valence-corrected chi connectivity index (χ3v) is 8.94. The van der Waals surface area contributed by atoms with Gasteiger partial charge < -0.3 is 14.8 Å². The second-order valence-electron chi connectivity index (χ2n) is 11.3. The van der Waals surface area contributed by atoms with Gasteiger partial charge in [0.15, 0.2) is 0 Å². The van der Waals surface area contributed by atoms with Crippen LogP contribution in [-0.4, -0.2) is 62.9 Å². The average molecular weight is 518 g/mol. The molecule has 3 aromatic rings. The summed E-state index contributed by atoms with van der Waals surface area (Å²) in [6.07, 6.45) is 5.35. The van der Waals surface area contributed by atoms with Crippen LogP contribution in [0.5, 0.6) is 0 Å². The summed E-state index contributed by atoms with van der Waals surface area (Å²) in [5.74, 6) is 0.648. The lowest BCUT2D eigenvalue weighted by atomic mass is 9.94. The number of fused-ring (bicyclic) bond motifs is 3. The van der Waals surface area contributed by atoms with Gasteiger partial charge in [0.2, 0.25) is 11.8 Å². The van der Waals surface area contributed by atoms with Gasteiger partial charge in [0.25, 0.3) is 0 Å². The predicted molar refractivity (Wildman–Crippen MR) is 144 cm³/mol. The van der Waals surface area contributed by atoms with Crippen molar-refractivity contribution in [2.45, 2.75) is 70.1 Å². The molecule has 2 bridgehead atoms. The summed E-state index contributed by atoms with van der Waals surface area (Å²) in [7, 11) is 0. The third kappa shape index (κ3) is 4.70. The van der Waals surface area contributed by atoms with Gasteiger partial charge >= 0.3 is 0 Å². The van der Waals surface area contributed by atoms with Crippen LogP contribution in [0.4, 0.5) is 4.39 Å². The molecule has 2 amide bonds. The number of nitrogens with one attached hydrogen (secondary N) is 1. The summed E-state index contributed by atoms with van der Waals surface area (Å²) in [6.45, 7) is 5.53. The minimum Gasteiger partial charge on any atom is -0.349 e. The number of imidazole rings is 1. The van der Waals surface area contributed by atoms with Crippen LogP contribution in [0.15, 0.2) is 48.5 Å². The van der Waals surface area contributed by atoms with Gasteiger partial charge in [0.05, 0.1) is 23.0 Å². The van der Waals surface area contributed by atoms with Crippen LogP contribution in [0.25, 0.3) is 11.0 Å². The number of carbonyl (C=O) groups is 2. The number of nitrogens with zero attached hydrogens (tertiary/aromatic N) is 4. The van der Waals surface area contributed by atoms with Crippen molar-refractivity contribution in [3.05, 3.63) is 65.7 Å². The Morgan fingerprint density at radius 1 is 1.05 bits per heavy atom. The van der Waals surface area contributed by atoms with Crippen LogP contribution in [-0.2, 0) is 9.59 Å². The lowest BCUT2D eigenvalue weighted by Crippen LogP contribution is -2.55. The maximum Gasteiger partial charge on any atom is 0.227 e. The molecule has 0 aliphatic carbocycles. The van der Waals surface area contributed by atoms with Crippen molar-refractivity contribution in [1.29, 1.82) is 0 Å². The zero-order valence-corrected chi connectivity index (χ0v) is 22.1. The standard InChI is InChI=1S/C30H36FN5O2/c1-19-32-28-14-23(31)8-11-29(28)36(19)26-15-24-9-10-25(16-26)35(24)13-12-27(21-6-4-3-5-7-21)33-30(38)22-17-34(18-22)20(2)37/h3-8,11,14,22,24-27H,9-10,12-13,15-18H2,1-2H3,(H,33,38)/t24?,25?,26?,27-/m0/s1. The molecule has 0 radical (unpaired) electrons. The van der Waals surface area contributed by atoms with Crippen LogP contribution < -0.4 is 5.32 Å². The normalized spacial score (nSPS) is 24.4. The maximum atomic E-state index is 13.8. The van der Waals surface area contributed by atoms with Crippen LogP contribution in [0.2, 0.25) is 0 Å². The summed E-state index contributed by atoms with van der Waals surface area (Å²) >= 11 is 0. The van der Waals surface area contributed by atoms with Gasteiger partial charge in [-0.25, -0.2) is 9.37 Å². The first-order chi connectivity index (χ1) is 18.4. The Bertz CT molecular complexity index is 1320. The molecule has 0 saturated carbocycles. The van der Waals surface area contributed by atoms with E-state index >= 15 is 0 Å². The zero-order chi connectivity index (χ0) is 26.4. The van der Waals surface area contributed by atoms with Gasteiger partial charge in [-0.1, -0.05) is 30.3 Å². The molecule has 1 N–H and O–H groups in total. The molecule has 3 aliphatic heterocycles. The fourth-order valence-electron chi connectivity index (χ4n) is 6.95. The predicted octanol–water partition coefficient (Wildman–Crippen LogP) is 4.38. The molecule has 3 fully saturated rings. The van der Waals surface area contributed by atoms with E-state index in [0.29, 0.717) is 31.2 Å². The highest BCUT2D eigenvalue weighted by atomic mass is 19.1. The molecule has 2 unspecified atom stereocenters. The molecule has 200 valence electrons. The van der Waals surface area contributed by atoms with Crippen LogP contribution in [0, 0.1) is 18.7 Å². The van der Waals surface area contributed by atoms with Crippen LogP contribution in [0.1, 0.15) is 62.5 Å². The molecule has 6 rings (SSSR count). The fourth-order valence-corrected chi connectivity index (χ4v) is 6.95. The summed E-state index contributed by atoms with van der Waals surface area (Å²) in [5.41, 5.74) is 2.88. The van der Waals surface area contributed by atoms with Crippen molar-refractivity contribution < 1.29 is 14.0 Å². The van der Waals surface area contributed by atoms with Crippen molar-refractivity contribution in [2.24, 2.45) is 5.92 Å². The van der Waals surface area contributed by atoms with E-state index in [1.807, 2.05) is 31.2 Å². The van der Waals surface area contributed by atoms with Crippen LogP contribution >= 0.6 is 0 Å². The second-order valence-corrected chi connectivity index (χ2v) is 11.3. The Hall–Kier alpha value is -3.26. The van der Waals surface area contributed by atoms with Gasteiger partial charge in [0.1, 0.15) is 11.6 Å².